The van der Waals surface area contributed by atoms with Crippen molar-refractivity contribution in [2.45, 2.75) is 89.3 Å². The number of hydrogen-bond donors (Lipinski definition) is 6. The zero-order chi connectivity index (χ0) is 28.6. The number of amides is 1. The lowest BCUT2D eigenvalue weighted by Gasteiger charge is -2.47. The van der Waals surface area contributed by atoms with Crippen LogP contribution in [0, 0.1) is 0 Å². The highest BCUT2D eigenvalue weighted by atomic mass is 35.5. The molecule has 1 saturated heterocycles. The minimum atomic E-state index is -2.93. The van der Waals surface area contributed by atoms with Gasteiger partial charge >= 0.3 is 0 Å². The van der Waals surface area contributed by atoms with Crippen LogP contribution < -0.4 is 20.3 Å². The number of anilines is 2. The Bertz CT molecular complexity index is 1100. The average Bonchev–Trinajstić information content (AvgIpc) is 2.96. The van der Waals surface area contributed by atoms with Gasteiger partial charge in [-0.2, -0.15) is 0 Å². The van der Waals surface area contributed by atoms with E-state index >= 15 is 0 Å². The first-order valence-corrected chi connectivity index (χ1v) is 16.6. The van der Waals surface area contributed by atoms with Crippen molar-refractivity contribution in [3.05, 3.63) is 59.7 Å². The predicted octanol–water partition coefficient (Wildman–Crippen LogP) is 6.21. The fraction of sp³-hybridized carbons (Fsp3) is 0.581. The molecule has 1 aliphatic heterocycles. The second-order valence-electron chi connectivity index (χ2n) is 11.4. The van der Waals surface area contributed by atoms with Crippen LogP contribution in [-0.2, 0) is 6.42 Å². The third-order valence-electron chi connectivity index (χ3n) is 8.48. The van der Waals surface area contributed by atoms with E-state index < -0.39 is 22.9 Å². The monoisotopic (exact) mass is 608 g/mol. The summed E-state index contributed by atoms with van der Waals surface area (Å²) < 4.78 is 23.1. The lowest BCUT2D eigenvalue weighted by atomic mass is 9.79. The molecule has 8 nitrogen and oxygen atoms in total. The summed E-state index contributed by atoms with van der Waals surface area (Å²) in [6.45, 7) is 5.79. The number of rotatable bonds is 12. The van der Waals surface area contributed by atoms with Gasteiger partial charge in [0.05, 0.1) is 23.6 Å². The van der Waals surface area contributed by atoms with Gasteiger partial charge in [0.15, 0.2) is 0 Å². The Kier molecular flexibility index (Phi) is 12.6. The highest BCUT2D eigenvalue weighted by Gasteiger charge is 2.32. The summed E-state index contributed by atoms with van der Waals surface area (Å²) in [5.41, 5.74) is 2.87. The SMILES string of the molecule is CCNc1cc(C(=O)N[C@@H](Cc2ccccc2)[C@H](O)CNC2(CC)CCCCC2)cc(N2CCCCS2(O)O)c1.Cl. The van der Waals surface area contributed by atoms with Gasteiger partial charge < -0.3 is 21.1 Å². The van der Waals surface area contributed by atoms with Gasteiger partial charge in [0.2, 0.25) is 0 Å². The first-order chi connectivity index (χ1) is 19.2. The Morgan fingerprint density at radius 2 is 1.76 bits per heavy atom. The largest absolute Gasteiger partial charge is 0.390 e. The van der Waals surface area contributed by atoms with E-state index in [1.54, 1.807) is 16.4 Å². The molecule has 230 valence electrons. The summed E-state index contributed by atoms with van der Waals surface area (Å²) in [5.74, 6) is 0.0368. The topological polar surface area (TPSA) is 117 Å². The Labute approximate surface area is 253 Å². The van der Waals surface area contributed by atoms with Crippen LogP contribution >= 0.6 is 23.2 Å². The zero-order valence-corrected chi connectivity index (χ0v) is 26.1. The molecule has 2 aromatic rings. The van der Waals surface area contributed by atoms with Crippen LogP contribution in [0.15, 0.2) is 48.5 Å². The summed E-state index contributed by atoms with van der Waals surface area (Å²) in [6, 6.07) is 14.8. The summed E-state index contributed by atoms with van der Waals surface area (Å²) in [6.07, 6.45) is 8.26. The van der Waals surface area contributed by atoms with Crippen molar-refractivity contribution < 1.29 is 19.0 Å². The second-order valence-corrected chi connectivity index (χ2v) is 13.5. The number of hydrogen-bond acceptors (Lipinski definition) is 7. The Morgan fingerprint density at radius 3 is 2.41 bits per heavy atom. The smallest absolute Gasteiger partial charge is 0.251 e. The molecule has 0 bridgehead atoms. The molecule has 2 aromatic carbocycles. The van der Waals surface area contributed by atoms with Crippen LogP contribution in [-0.4, -0.2) is 63.2 Å². The van der Waals surface area contributed by atoms with Gasteiger partial charge in [0, 0.05) is 36.4 Å². The van der Waals surface area contributed by atoms with Gasteiger partial charge in [0.1, 0.15) is 0 Å². The van der Waals surface area contributed by atoms with Gasteiger partial charge in [-0.3, -0.25) is 18.2 Å². The Morgan fingerprint density at radius 1 is 1.02 bits per heavy atom. The number of carbonyl (C=O) groups excluding carboxylic acids is 1. The summed E-state index contributed by atoms with van der Waals surface area (Å²) in [7, 11) is -2.93. The van der Waals surface area contributed by atoms with Crippen molar-refractivity contribution in [1.29, 1.82) is 0 Å². The van der Waals surface area contributed by atoms with Crippen molar-refractivity contribution in [2.75, 3.05) is 35.0 Å². The number of β-amino-alcohol motifs (C(OH)–C–C–N with tert-alkyl or cyclic N) is 1. The minimum absolute atomic E-state index is 0. The second kappa shape index (κ2) is 15.5. The molecular formula is C31H49ClN4O4S. The average molecular weight is 609 g/mol. The molecule has 6 N–H and O–H groups in total. The van der Waals surface area contributed by atoms with Crippen molar-refractivity contribution in [2.24, 2.45) is 0 Å². The summed E-state index contributed by atoms with van der Waals surface area (Å²) >= 11 is 0. The van der Waals surface area contributed by atoms with Crippen LogP contribution in [0.5, 0.6) is 0 Å². The lowest BCUT2D eigenvalue weighted by molar-refractivity contribution is 0.0788. The van der Waals surface area contributed by atoms with Crippen LogP contribution in [0.4, 0.5) is 11.4 Å². The van der Waals surface area contributed by atoms with Gasteiger partial charge in [0.25, 0.3) is 5.91 Å². The van der Waals surface area contributed by atoms with Crippen LogP contribution in [0.25, 0.3) is 0 Å². The van der Waals surface area contributed by atoms with Gasteiger partial charge in [-0.15, -0.1) is 23.2 Å². The van der Waals surface area contributed by atoms with E-state index in [9.17, 15) is 19.0 Å². The maximum absolute atomic E-state index is 13.7. The molecule has 1 heterocycles. The van der Waals surface area contributed by atoms with Crippen LogP contribution in [0.3, 0.4) is 0 Å². The standard InChI is InChI=1S/C31H48N4O4S.ClH/c1-3-31(15-9-6-10-16-31)33-23-29(36)28(19-24-13-7-5-8-14-24)34-30(37)25-20-26(32-4-2)22-27(21-25)35-17-11-12-18-40(35,38)39;/h5,7-8,13-14,20-22,28-29,32-33,36,38-39H,3-4,6,9-12,15-19,23H2,1-2H3,(H,34,37);1H/t28-,29+;/m0./s1. The summed E-state index contributed by atoms with van der Waals surface area (Å²) in [4.78, 5) is 13.7. The lowest BCUT2D eigenvalue weighted by Crippen LogP contribution is -2.54. The van der Waals surface area contributed by atoms with E-state index in [-0.39, 0.29) is 23.9 Å². The fourth-order valence-corrected chi connectivity index (χ4v) is 7.72. The zero-order valence-electron chi connectivity index (χ0n) is 24.5. The number of aliphatic hydroxyl groups is 1. The fourth-order valence-electron chi connectivity index (χ4n) is 6.05. The maximum Gasteiger partial charge on any atom is 0.251 e. The molecule has 1 amide bonds. The van der Waals surface area contributed by atoms with Crippen molar-refractivity contribution >= 4 is 40.5 Å². The van der Waals surface area contributed by atoms with Crippen LogP contribution in [0.2, 0.25) is 0 Å². The van der Waals surface area contributed by atoms with E-state index in [4.69, 9.17) is 0 Å². The Hall–Kier alpha value is -2.01. The van der Waals surface area contributed by atoms with Gasteiger partial charge in [-0.05, 0) is 69.2 Å². The molecular weight excluding hydrogens is 560 g/mol. The first kappa shape index (κ1) is 33.5. The molecule has 0 radical (unpaired) electrons. The minimum Gasteiger partial charge on any atom is -0.390 e. The highest BCUT2D eigenvalue weighted by Crippen LogP contribution is 2.50. The third kappa shape index (κ3) is 8.99. The molecule has 1 aliphatic carbocycles. The van der Waals surface area contributed by atoms with Crippen molar-refractivity contribution in [3.8, 4) is 0 Å². The molecule has 0 spiro atoms. The maximum atomic E-state index is 13.7. The number of nitrogens with one attached hydrogen (secondary N) is 3. The molecule has 2 fully saturated rings. The third-order valence-corrected chi connectivity index (χ3v) is 10.4. The molecule has 0 unspecified atom stereocenters. The first-order valence-electron chi connectivity index (χ1n) is 15.0. The van der Waals surface area contributed by atoms with E-state index in [0.29, 0.717) is 43.1 Å². The molecule has 0 aromatic heterocycles. The highest BCUT2D eigenvalue weighted by molar-refractivity contribution is 8.25. The molecule has 41 heavy (non-hydrogen) atoms. The van der Waals surface area contributed by atoms with Gasteiger partial charge in [-0.1, -0.05) is 56.5 Å². The van der Waals surface area contributed by atoms with E-state index in [2.05, 4.69) is 22.9 Å². The number of carbonyl (C=O) groups is 1. The van der Waals surface area contributed by atoms with Gasteiger partial charge in [-0.25, -0.2) is 0 Å². The Balaban J connectivity index is 0.00000462. The van der Waals surface area contributed by atoms with Crippen molar-refractivity contribution in [3.63, 3.8) is 0 Å². The number of aliphatic hydroxyl groups excluding tert-OH is 1. The van der Waals surface area contributed by atoms with Crippen molar-refractivity contribution in [1.82, 2.24) is 10.6 Å². The molecule has 4 rings (SSSR count). The molecule has 2 atom stereocenters. The number of halogens is 1. The molecule has 10 heteroatoms. The summed E-state index contributed by atoms with van der Waals surface area (Å²) in [5, 5.41) is 21.5. The van der Waals surface area contributed by atoms with E-state index in [0.717, 1.165) is 43.4 Å². The van der Waals surface area contributed by atoms with Crippen LogP contribution in [0.1, 0.15) is 81.1 Å². The number of benzene rings is 2. The van der Waals surface area contributed by atoms with E-state index in [1.165, 1.54) is 19.3 Å². The normalized spacial score (nSPS) is 20.3. The number of nitrogens with zero attached hydrogens (tertiary/aromatic N) is 1. The molecule has 2 aliphatic rings. The predicted molar refractivity (Wildman–Crippen MR) is 174 cm³/mol. The van der Waals surface area contributed by atoms with E-state index in [1.807, 2.05) is 43.3 Å². The quantitative estimate of drug-likeness (QED) is 0.170. The molecule has 1 saturated carbocycles.